The normalized spacial score (nSPS) is 42.8. The molecule has 1 heterocycles. The fourth-order valence-electron chi connectivity index (χ4n) is 8.16. The number of ketones is 1. The molecule has 31 heavy (non-hydrogen) atoms. The highest BCUT2D eigenvalue weighted by atomic mass is 16.5. The first kappa shape index (κ1) is 22.1. The summed E-state index contributed by atoms with van der Waals surface area (Å²) in [6, 6.07) is 0. The van der Waals surface area contributed by atoms with Gasteiger partial charge in [0.25, 0.3) is 0 Å². The van der Waals surface area contributed by atoms with Crippen LogP contribution >= 0.6 is 0 Å². The number of fused-ring (bicyclic) bond motifs is 5. The van der Waals surface area contributed by atoms with E-state index in [1.54, 1.807) is 5.57 Å². The first-order chi connectivity index (χ1) is 15.0. The molecule has 4 nitrogen and oxygen atoms in total. The summed E-state index contributed by atoms with van der Waals surface area (Å²) in [6.45, 7) is 10.6. The van der Waals surface area contributed by atoms with Crippen LogP contribution in [0.3, 0.4) is 0 Å². The number of rotatable bonds is 7. The van der Waals surface area contributed by atoms with Crippen molar-refractivity contribution in [1.29, 1.82) is 0 Å². The van der Waals surface area contributed by atoms with Gasteiger partial charge in [0, 0.05) is 18.4 Å². The van der Waals surface area contributed by atoms with Gasteiger partial charge >= 0.3 is 0 Å². The van der Waals surface area contributed by atoms with Gasteiger partial charge in [-0.1, -0.05) is 25.5 Å². The minimum absolute atomic E-state index is 0.00612. The zero-order valence-corrected chi connectivity index (χ0v) is 19.9. The third-order valence-corrected chi connectivity index (χ3v) is 10.1. The Kier molecular flexibility index (Phi) is 6.35. The highest BCUT2D eigenvalue weighted by molar-refractivity contribution is 5.87. The molecular weight excluding hydrogens is 386 g/mol. The highest BCUT2D eigenvalue weighted by Crippen LogP contribution is 2.64. The number of carbonyl (C=O) groups excluding carboxylic acids is 1. The summed E-state index contributed by atoms with van der Waals surface area (Å²) >= 11 is 0. The lowest BCUT2D eigenvalue weighted by Crippen LogP contribution is -2.50. The van der Waals surface area contributed by atoms with Gasteiger partial charge in [0.05, 0.1) is 25.9 Å². The average molecular weight is 430 g/mol. The second kappa shape index (κ2) is 8.91. The van der Waals surface area contributed by atoms with Crippen molar-refractivity contribution in [2.24, 2.45) is 28.6 Å². The lowest BCUT2D eigenvalue weighted by Gasteiger charge is -2.57. The molecule has 0 aromatic carbocycles. The largest absolute Gasteiger partial charge is 0.378 e. The van der Waals surface area contributed by atoms with Gasteiger partial charge in [0.1, 0.15) is 5.78 Å². The lowest BCUT2D eigenvalue weighted by atomic mass is 9.47. The monoisotopic (exact) mass is 429 g/mol. The van der Waals surface area contributed by atoms with Crippen LogP contribution in [0.25, 0.3) is 0 Å². The fraction of sp³-hybridized carbons (Fsp3) is 0.889. The number of nitrogens with zero attached hydrogens (tertiary/aromatic N) is 1. The molecule has 1 saturated heterocycles. The third kappa shape index (κ3) is 4.06. The van der Waals surface area contributed by atoms with Crippen LogP contribution < -0.4 is 0 Å². The number of allylic oxidation sites excluding steroid dienone is 1. The summed E-state index contributed by atoms with van der Waals surface area (Å²) in [5.41, 5.74) is 1.99. The van der Waals surface area contributed by atoms with E-state index in [0.717, 1.165) is 50.7 Å². The second-order valence-corrected chi connectivity index (χ2v) is 11.6. The van der Waals surface area contributed by atoms with Crippen LogP contribution in [0, 0.1) is 28.6 Å². The predicted octanol–water partition coefficient (Wildman–Crippen LogP) is 5.02. The first-order valence-electron chi connectivity index (χ1n) is 13.2. The van der Waals surface area contributed by atoms with Gasteiger partial charge in [-0.25, -0.2) is 0 Å². The van der Waals surface area contributed by atoms with E-state index in [0.29, 0.717) is 30.3 Å². The number of ether oxygens (including phenoxy) is 2. The van der Waals surface area contributed by atoms with Crippen molar-refractivity contribution in [3.63, 3.8) is 0 Å². The van der Waals surface area contributed by atoms with E-state index in [1.807, 2.05) is 0 Å². The number of hydrogen-bond donors (Lipinski definition) is 0. The van der Waals surface area contributed by atoms with Crippen LogP contribution in [0.5, 0.6) is 0 Å². The van der Waals surface area contributed by atoms with Crippen LogP contribution in [0.4, 0.5) is 0 Å². The summed E-state index contributed by atoms with van der Waals surface area (Å²) in [5.74, 6) is 2.73. The highest BCUT2D eigenvalue weighted by Gasteiger charge is 2.58. The number of Topliss-reactive ketones (excluding diaryl/α,β-unsaturated/α-hetero) is 1. The topological polar surface area (TPSA) is 38.8 Å². The van der Waals surface area contributed by atoms with Crippen LogP contribution in [-0.2, 0) is 14.3 Å². The minimum atomic E-state index is -0.00612. The molecule has 0 radical (unpaired) electrons. The van der Waals surface area contributed by atoms with Gasteiger partial charge in [0.2, 0.25) is 0 Å². The Balaban J connectivity index is 1.12. The van der Waals surface area contributed by atoms with E-state index in [2.05, 4.69) is 24.8 Å². The predicted molar refractivity (Wildman–Crippen MR) is 123 cm³/mol. The maximum Gasteiger partial charge on any atom is 0.139 e. The average Bonchev–Trinajstić information content (AvgIpc) is 3.38. The molecule has 6 unspecified atom stereocenters. The Morgan fingerprint density at radius 3 is 2.55 bits per heavy atom. The molecule has 174 valence electrons. The molecule has 1 aliphatic heterocycles. The van der Waals surface area contributed by atoms with Gasteiger partial charge in [-0.15, -0.1) is 0 Å². The Hall–Kier alpha value is -0.710. The van der Waals surface area contributed by atoms with E-state index in [-0.39, 0.29) is 11.5 Å². The van der Waals surface area contributed by atoms with E-state index in [4.69, 9.17) is 9.47 Å². The molecule has 0 aromatic heterocycles. The Morgan fingerprint density at radius 2 is 1.71 bits per heavy atom. The number of carbonyl (C=O) groups is 1. The zero-order valence-electron chi connectivity index (χ0n) is 19.9. The number of hydrogen-bond acceptors (Lipinski definition) is 4. The van der Waals surface area contributed by atoms with Crippen molar-refractivity contribution in [3.8, 4) is 0 Å². The van der Waals surface area contributed by atoms with Gasteiger partial charge in [-0.3, -0.25) is 4.79 Å². The molecule has 3 saturated carbocycles. The van der Waals surface area contributed by atoms with Crippen molar-refractivity contribution >= 4 is 5.78 Å². The number of likely N-dealkylation sites (tertiary alicyclic amines) is 1. The van der Waals surface area contributed by atoms with Crippen LogP contribution in [0.2, 0.25) is 0 Å². The minimum Gasteiger partial charge on any atom is -0.378 e. The lowest BCUT2D eigenvalue weighted by molar-refractivity contribution is -0.132. The SMILES string of the molecule is CC12CCC3C(CCC4=CC(OCCOCCN5CCCC5)CCC43C)C1CCC2=O. The van der Waals surface area contributed by atoms with Crippen molar-refractivity contribution in [3.05, 3.63) is 11.6 Å². The Labute approximate surface area is 189 Å². The standard InChI is InChI=1S/C27H43NO3/c1-26-11-9-21(31-18-17-30-16-15-28-13-3-4-14-28)19-20(26)5-6-22-23-7-8-25(29)27(23,2)12-10-24(22)26/h19,21-24H,3-18H2,1-2H3. The molecule has 4 aliphatic carbocycles. The maximum absolute atomic E-state index is 12.6. The van der Waals surface area contributed by atoms with Gasteiger partial charge in [-0.05, 0) is 94.0 Å². The van der Waals surface area contributed by atoms with Crippen molar-refractivity contribution < 1.29 is 14.3 Å². The zero-order chi connectivity index (χ0) is 21.5. The summed E-state index contributed by atoms with van der Waals surface area (Å²) in [7, 11) is 0. The summed E-state index contributed by atoms with van der Waals surface area (Å²) in [4.78, 5) is 15.1. The molecule has 0 N–H and O–H groups in total. The fourth-order valence-corrected chi connectivity index (χ4v) is 8.16. The smallest absolute Gasteiger partial charge is 0.139 e. The van der Waals surface area contributed by atoms with Crippen molar-refractivity contribution in [1.82, 2.24) is 4.90 Å². The van der Waals surface area contributed by atoms with Crippen LogP contribution in [-0.4, -0.2) is 56.2 Å². The van der Waals surface area contributed by atoms with Crippen molar-refractivity contribution in [2.45, 2.75) is 84.2 Å². The van der Waals surface area contributed by atoms with Crippen LogP contribution in [0.15, 0.2) is 11.6 Å². The van der Waals surface area contributed by atoms with E-state index in [9.17, 15) is 4.79 Å². The second-order valence-electron chi connectivity index (χ2n) is 11.6. The van der Waals surface area contributed by atoms with Gasteiger partial charge in [0.15, 0.2) is 0 Å². The quantitative estimate of drug-likeness (QED) is 0.421. The molecular formula is C27H43NO3. The molecule has 0 bridgehead atoms. The summed E-state index contributed by atoms with van der Waals surface area (Å²) in [5, 5.41) is 0. The van der Waals surface area contributed by atoms with Gasteiger partial charge in [-0.2, -0.15) is 0 Å². The molecule has 4 heteroatoms. The van der Waals surface area contributed by atoms with Gasteiger partial charge < -0.3 is 14.4 Å². The molecule has 5 aliphatic rings. The van der Waals surface area contributed by atoms with E-state index >= 15 is 0 Å². The van der Waals surface area contributed by atoms with E-state index < -0.39 is 0 Å². The summed E-state index contributed by atoms with van der Waals surface area (Å²) in [6.07, 6.45) is 14.7. The van der Waals surface area contributed by atoms with E-state index in [1.165, 1.54) is 51.6 Å². The molecule has 0 spiro atoms. The Bertz CT molecular complexity index is 699. The summed E-state index contributed by atoms with van der Waals surface area (Å²) < 4.78 is 12.1. The first-order valence-corrected chi connectivity index (χ1v) is 13.2. The van der Waals surface area contributed by atoms with Crippen LogP contribution in [0.1, 0.15) is 78.1 Å². The van der Waals surface area contributed by atoms with Crippen molar-refractivity contribution in [2.75, 3.05) is 39.5 Å². The maximum atomic E-state index is 12.6. The molecule has 0 aromatic rings. The molecule has 4 fully saturated rings. The molecule has 6 atom stereocenters. The molecule has 5 rings (SSSR count). The Morgan fingerprint density at radius 1 is 0.935 bits per heavy atom. The third-order valence-electron chi connectivity index (χ3n) is 10.1. The molecule has 0 amide bonds.